The van der Waals surface area contributed by atoms with E-state index < -0.39 is 35.5 Å². The van der Waals surface area contributed by atoms with E-state index in [0.29, 0.717) is 18.7 Å². The molecule has 1 aromatic carbocycles. The number of pyridine rings is 1. The minimum Gasteiger partial charge on any atom is -0.435 e. The third kappa shape index (κ3) is 3.92. The first kappa shape index (κ1) is 17.5. The summed E-state index contributed by atoms with van der Waals surface area (Å²) in [6.45, 7) is -1.21. The zero-order valence-electron chi connectivity index (χ0n) is 12.4. The Balaban J connectivity index is 2.28. The Morgan fingerprint density at radius 1 is 1.25 bits per heavy atom. The number of hydrogen-bond acceptors (Lipinski definition) is 3. The van der Waals surface area contributed by atoms with Gasteiger partial charge in [0.1, 0.15) is 22.9 Å². The molecular formula is C15H12F4N2O3. The average molecular weight is 344 g/mol. The van der Waals surface area contributed by atoms with Crippen molar-refractivity contribution in [2.24, 2.45) is 0 Å². The summed E-state index contributed by atoms with van der Waals surface area (Å²) in [5.74, 6) is -4.58. The predicted molar refractivity (Wildman–Crippen MR) is 77.3 cm³/mol. The topological polar surface area (TPSA) is 60.3 Å². The molecule has 0 aliphatic heterocycles. The van der Waals surface area contributed by atoms with Gasteiger partial charge in [-0.3, -0.25) is 9.59 Å². The second-order valence-corrected chi connectivity index (χ2v) is 4.64. The maximum absolute atomic E-state index is 13.8. The Morgan fingerprint density at radius 2 is 1.88 bits per heavy atom. The number of hydrogen-bond donors (Lipinski definition) is 1. The number of aromatic nitrogens is 1. The smallest absolute Gasteiger partial charge is 0.387 e. The molecule has 9 heteroatoms. The molecular weight excluding hydrogens is 332 g/mol. The molecule has 0 bridgehead atoms. The molecule has 0 unspecified atom stereocenters. The summed E-state index contributed by atoms with van der Waals surface area (Å²) in [5.41, 5.74) is -1.11. The highest BCUT2D eigenvalue weighted by Crippen LogP contribution is 2.23. The minimum absolute atomic E-state index is 0.146. The van der Waals surface area contributed by atoms with E-state index in [9.17, 15) is 27.2 Å². The second kappa shape index (κ2) is 7.16. The lowest BCUT2D eigenvalue weighted by molar-refractivity contribution is -0.0501. The molecule has 24 heavy (non-hydrogen) atoms. The van der Waals surface area contributed by atoms with Crippen LogP contribution in [0.15, 0.2) is 35.3 Å². The number of aryl methyl sites for hydroxylation is 1. The highest BCUT2D eigenvalue weighted by atomic mass is 19.3. The van der Waals surface area contributed by atoms with Crippen LogP contribution in [0.2, 0.25) is 0 Å². The molecule has 5 nitrogen and oxygen atoms in total. The molecule has 0 aliphatic carbocycles. The number of halogens is 4. The van der Waals surface area contributed by atoms with Crippen LogP contribution in [-0.2, 0) is 6.54 Å². The molecule has 1 amide bonds. The van der Waals surface area contributed by atoms with Crippen molar-refractivity contribution in [3.05, 3.63) is 58.0 Å². The van der Waals surface area contributed by atoms with Crippen LogP contribution in [-0.4, -0.2) is 17.1 Å². The number of alkyl halides is 2. The zero-order chi connectivity index (χ0) is 17.9. The summed E-state index contributed by atoms with van der Waals surface area (Å²) in [6, 6.07) is 3.43. The Kier molecular flexibility index (Phi) is 5.22. The summed E-state index contributed by atoms with van der Waals surface area (Å²) in [7, 11) is 0. The monoisotopic (exact) mass is 344 g/mol. The van der Waals surface area contributed by atoms with Crippen molar-refractivity contribution in [2.45, 2.75) is 20.1 Å². The molecule has 0 radical (unpaired) electrons. The lowest BCUT2D eigenvalue weighted by Crippen LogP contribution is -2.21. The first-order valence-electron chi connectivity index (χ1n) is 6.77. The Bertz CT molecular complexity index is 798. The summed E-state index contributed by atoms with van der Waals surface area (Å²) in [5, 5.41) is 2.23. The van der Waals surface area contributed by atoms with E-state index in [1.165, 1.54) is 22.9 Å². The third-order valence-electron chi connectivity index (χ3n) is 3.05. The van der Waals surface area contributed by atoms with Gasteiger partial charge >= 0.3 is 6.61 Å². The molecule has 0 aliphatic rings. The summed E-state index contributed by atoms with van der Waals surface area (Å²) in [4.78, 5) is 23.5. The standard InChI is InChI=1S/C15H12F4N2O3/c1-2-21-7-8(3-4-12(21)22)20-14(23)13-10(16)5-9(6-11(13)17)24-15(18)19/h3-7,15H,2H2,1H3,(H,20,23). The lowest BCUT2D eigenvalue weighted by atomic mass is 10.1. The fraction of sp³-hybridized carbons (Fsp3) is 0.200. The van der Waals surface area contributed by atoms with E-state index in [1.807, 2.05) is 0 Å². The molecule has 0 atom stereocenters. The maximum atomic E-state index is 13.8. The van der Waals surface area contributed by atoms with Crippen molar-refractivity contribution in [2.75, 3.05) is 5.32 Å². The number of carbonyl (C=O) groups excluding carboxylic acids is 1. The number of ether oxygens (including phenoxy) is 1. The number of rotatable bonds is 5. The minimum atomic E-state index is -3.25. The normalized spacial score (nSPS) is 10.8. The molecule has 1 aromatic heterocycles. The van der Waals surface area contributed by atoms with Gasteiger partial charge in [-0.1, -0.05) is 0 Å². The van der Waals surface area contributed by atoms with Crippen molar-refractivity contribution >= 4 is 11.6 Å². The first-order chi connectivity index (χ1) is 11.3. The highest BCUT2D eigenvalue weighted by molar-refractivity contribution is 6.04. The maximum Gasteiger partial charge on any atom is 0.387 e. The average Bonchev–Trinajstić information content (AvgIpc) is 2.47. The fourth-order valence-electron chi connectivity index (χ4n) is 1.98. The number of amides is 1. The Hall–Kier alpha value is -2.84. The van der Waals surface area contributed by atoms with Crippen molar-refractivity contribution in [3.8, 4) is 5.75 Å². The van der Waals surface area contributed by atoms with Gasteiger partial charge in [-0.05, 0) is 13.0 Å². The largest absolute Gasteiger partial charge is 0.435 e. The van der Waals surface area contributed by atoms with Crippen LogP contribution in [0.25, 0.3) is 0 Å². The summed E-state index contributed by atoms with van der Waals surface area (Å²) >= 11 is 0. The van der Waals surface area contributed by atoms with Crippen LogP contribution in [0, 0.1) is 11.6 Å². The van der Waals surface area contributed by atoms with Crippen molar-refractivity contribution in [1.29, 1.82) is 0 Å². The highest BCUT2D eigenvalue weighted by Gasteiger charge is 2.20. The zero-order valence-corrected chi connectivity index (χ0v) is 12.4. The Labute approximate surface area is 133 Å². The van der Waals surface area contributed by atoms with E-state index in [-0.39, 0.29) is 11.2 Å². The van der Waals surface area contributed by atoms with E-state index in [4.69, 9.17) is 0 Å². The van der Waals surface area contributed by atoms with E-state index >= 15 is 0 Å². The SMILES string of the molecule is CCn1cc(NC(=O)c2c(F)cc(OC(F)F)cc2F)ccc1=O. The molecule has 0 spiro atoms. The van der Waals surface area contributed by atoms with E-state index in [1.54, 1.807) is 6.92 Å². The van der Waals surface area contributed by atoms with Gasteiger partial charge < -0.3 is 14.6 Å². The number of benzene rings is 1. The van der Waals surface area contributed by atoms with Gasteiger partial charge in [-0.25, -0.2) is 8.78 Å². The molecule has 1 heterocycles. The number of nitrogens with one attached hydrogen (secondary N) is 1. The van der Waals surface area contributed by atoms with Crippen molar-refractivity contribution in [3.63, 3.8) is 0 Å². The molecule has 0 saturated heterocycles. The van der Waals surface area contributed by atoms with Crippen LogP contribution in [0.3, 0.4) is 0 Å². The van der Waals surface area contributed by atoms with E-state index in [2.05, 4.69) is 10.1 Å². The second-order valence-electron chi connectivity index (χ2n) is 4.64. The molecule has 0 fully saturated rings. The summed E-state index contributed by atoms with van der Waals surface area (Å²) in [6.07, 6.45) is 1.31. The number of anilines is 1. The van der Waals surface area contributed by atoms with Crippen LogP contribution in [0.1, 0.15) is 17.3 Å². The third-order valence-corrected chi connectivity index (χ3v) is 3.05. The quantitative estimate of drug-likeness (QED) is 0.849. The Morgan fingerprint density at radius 3 is 2.42 bits per heavy atom. The first-order valence-corrected chi connectivity index (χ1v) is 6.77. The number of carbonyl (C=O) groups is 1. The van der Waals surface area contributed by atoms with Crippen LogP contribution < -0.4 is 15.6 Å². The van der Waals surface area contributed by atoms with Gasteiger partial charge in [-0.15, -0.1) is 0 Å². The van der Waals surface area contributed by atoms with Gasteiger partial charge in [0.05, 0.1) is 5.69 Å². The van der Waals surface area contributed by atoms with Gasteiger partial charge in [-0.2, -0.15) is 8.78 Å². The van der Waals surface area contributed by atoms with Gasteiger partial charge in [0.15, 0.2) is 0 Å². The summed E-state index contributed by atoms with van der Waals surface area (Å²) < 4.78 is 57.0. The molecule has 128 valence electrons. The molecule has 2 aromatic rings. The molecule has 1 N–H and O–H groups in total. The van der Waals surface area contributed by atoms with Gasteiger partial charge in [0.25, 0.3) is 11.5 Å². The number of nitrogens with zero attached hydrogens (tertiary/aromatic N) is 1. The van der Waals surface area contributed by atoms with Crippen molar-refractivity contribution < 1.29 is 27.1 Å². The van der Waals surface area contributed by atoms with Gasteiger partial charge in [0.2, 0.25) is 0 Å². The van der Waals surface area contributed by atoms with Crippen molar-refractivity contribution in [1.82, 2.24) is 4.57 Å². The lowest BCUT2D eigenvalue weighted by Gasteiger charge is -2.11. The fourth-order valence-corrected chi connectivity index (χ4v) is 1.98. The van der Waals surface area contributed by atoms with E-state index in [0.717, 1.165) is 0 Å². The van der Waals surface area contributed by atoms with Crippen LogP contribution >= 0.6 is 0 Å². The molecule has 2 rings (SSSR count). The van der Waals surface area contributed by atoms with Gasteiger partial charge in [0, 0.05) is 30.9 Å². The molecule has 0 saturated carbocycles. The van der Waals surface area contributed by atoms with Crippen LogP contribution in [0.4, 0.5) is 23.2 Å². The predicted octanol–water partition coefficient (Wildman–Crippen LogP) is 3.00. The van der Waals surface area contributed by atoms with Crippen LogP contribution in [0.5, 0.6) is 5.75 Å².